The number of amides is 1. The topological polar surface area (TPSA) is 262 Å². The summed E-state index contributed by atoms with van der Waals surface area (Å²) in [6.45, 7) is 26.4. The maximum absolute atomic E-state index is 13.4. The molecule has 0 unspecified atom stereocenters. The van der Waals surface area contributed by atoms with Gasteiger partial charge in [-0.3, -0.25) is 14.5 Å². The summed E-state index contributed by atoms with van der Waals surface area (Å²) in [7, 11) is 0. The SMILES string of the molecule is CC(C)(C)OC(=O)OC(=O)OC(C)(C)C.CC[C@H]1O[C@@H](n2ncc3c(N(C(=O)OC(C)(C)C)C4CCCC4)nc(Cl)nc32)[C@H](OC(C)=O)[C@@H]1C.CC[C@H]1O[C@@H](n2ncc3c(NC4CCCC4)nc(Cl)nc32)[C@H](OC(C)=O)[C@@H]1C. The maximum atomic E-state index is 13.4. The Balaban J connectivity index is 0.000000205. The predicted molar refractivity (Wildman–Crippen MR) is 289 cm³/mol. The van der Waals surface area contributed by atoms with Gasteiger partial charge in [-0.05, 0) is 124 Å². The van der Waals surface area contributed by atoms with Gasteiger partial charge >= 0.3 is 30.3 Å². The van der Waals surface area contributed by atoms with E-state index in [1.165, 1.54) is 26.7 Å². The number of aromatic nitrogens is 8. The van der Waals surface area contributed by atoms with Gasteiger partial charge in [-0.1, -0.05) is 53.4 Å². The average molecular weight is 1130 g/mol. The van der Waals surface area contributed by atoms with Crippen molar-refractivity contribution in [3.63, 3.8) is 0 Å². The van der Waals surface area contributed by atoms with Gasteiger partial charge in [0.1, 0.15) is 22.6 Å². The molecule has 23 nitrogen and oxygen atoms in total. The number of rotatable bonds is 10. The number of ether oxygens (including phenoxy) is 8. The summed E-state index contributed by atoms with van der Waals surface area (Å²) in [5, 5.41) is 14.0. The molecule has 2 saturated carbocycles. The summed E-state index contributed by atoms with van der Waals surface area (Å²) in [5.41, 5.74) is -1.09. The molecule has 6 heterocycles. The summed E-state index contributed by atoms with van der Waals surface area (Å²) in [6, 6.07) is 0.321. The van der Waals surface area contributed by atoms with Gasteiger partial charge in [0.2, 0.25) is 10.6 Å². The molecular formula is C53H78Cl2N10O13. The minimum Gasteiger partial charge on any atom is -0.457 e. The second kappa shape index (κ2) is 25.6. The highest BCUT2D eigenvalue weighted by molar-refractivity contribution is 6.29. The molecule has 4 fully saturated rings. The molecule has 25 heteroatoms. The van der Waals surface area contributed by atoms with Crippen molar-refractivity contribution in [1.29, 1.82) is 0 Å². The van der Waals surface area contributed by atoms with E-state index in [1.54, 1.807) is 68.2 Å². The molecule has 8 rings (SSSR count). The van der Waals surface area contributed by atoms with Crippen LogP contribution >= 0.6 is 23.2 Å². The van der Waals surface area contributed by atoms with Crippen molar-refractivity contribution >= 4 is 87.2 Å². The van der Waals surface area contributed by atoms with E-state index in [0.717, 1.165) is 56.8 Å². The lowest BCUT2D eigenvalue weighted by molar-refractivity contribution is -0.154. The summed E-state index contributed by atoms with van der Waals surface area (Å²) in [5.74, 6) is 0.322. The standard InChI is InChI=1S/C24H34ClN5O5.C19H26ClN5O3.C10H18O5/c1-7-17-13(2)18(33-14(3)31)21(34-17)30-20-16(12-26-30)19(27-22(25)28-20)29(15-10-8-9-11-15)23(32)35-24(4,5)6;1-4-14-10(2)15(27-11(3)26)18(28-14)25-17-13(9-21-25)16(23-19(20)24-17)22-12-7-5-6-8-12;1-9(2,3)14-7(11)13-8(12)15-10(4,5)6/h12-13,15,17-18,21H,7-11H2,1-6H3;9-10,12,14-15,18H,4-8H2,1-3H3,(H,22,23,24);1-6H3/t13-,17-,18-,21-;10-,14-,15-,18-;/m11./s1. The van der Waals surface area contributed by atoms with Crippen LogP contribution in [0.15, 0.2) is 12.4 Å². The Morgan fingerprint density at radius 2 is 1.06 bits per heavy atom. The van der Waals surface area contributed by atoms with Crippen molar-refractivity contribution in [2.75, 3.05) is 10.2 Å². The molecule has 4 aromatic rings. The van der Waals surface area contributed by atoms with E-state index < -0.39 is 65.8 Å². The highest BCUT2D eigenvalue weighted by Crippen LogP contribution is 2.42. The second-order valence-corrected chi connectivity index (χ2v) is 23.7. The minimum atomic E-state index is -1.06. The number of nitrogens with zero attached hydrogens (tertiary/aromatic N) is 9. The molecule has 4 aromatic heterocycles. The van der Waals surface area contributed by atoms with Crippen LogP contribution in [0.4, 0.5) is 26.0 Å². The van der Waals surface area contributed by atoms with Crippen LogP contribution in [0.1, 0.15) is 181 Å². The molecule has 0 spiro atoms. The minimum absolute atomic E-state index is 0.0251. The Hall–Kier alpha value is -5.65. The van der Waals surface area contributed by atoms with Gasteiger partial charge in [-0.25, -0.2) is 23.7 Å². The first-order chi connectivity index (χ1) is 36.5. The third kappa shape index (κ3) is 16.0. The fourth-order valence-electron chi connectivity index (χ4n) is 9.95. The quantitative estimate of drug-likeness (QED) is 0.0669. The van der Waals surface area contributed by atoms with Gasteiger partial charge in [-0.2, -0.15) is 30.1 Å². The van der Waals surface area contributed by atoms with Gasteiger partial charge in [0.15, 0.2) is 41.8 Å². The Labute approximate surface area is 465 Å². The molecule has 0 bridgehead atoms. The van der Waals surface area contributed by atoms with Crippen LogP contribution in [0, 0.1) is 11.8 Å². The number of nitrogens with one attached hydrogen (secondary N) is 1. The predicted octanol–water partition coefficient (Wildman–Crippen LogP) is 11.6. The van der Waals surface area contributed by atoms with Crippen LogP contribution in [0.2, 0.25) is 10.6 Å². The van der Waals surface area contributed by atoms with Crippen LogP contribution in [-0.2, 0) is 47.5 Å². The van der Waals surface area contributed by atoms with Gasteiger partial charge in [0.25, 0.3) is 0 Å². The lowest BCUT2D eigenvalue weighted by Crippen LogP contribution is -2.43. The third-order valence-electron chi connectivity index (χ3n) is 13.3. The average Bonchev–Trinajstić information content (AvgIpc) is 4.34. The number of carbonyl (C=O) groups excluding carboxylic acids is 5. The van der Waals surface area contributed by atoms with E-state index >= 15 is 0 Å². The Morgan fingerprint density at radius 3 is 1.50 bits per heavy atom. The molecule has 432 valence electrons. The zero-order valence-electron chi connectivity index (χ0n) is 47.6. The fraction of sp³-hybridized carbons (Fsp3) is 0.717. The molecule has 2 aliphatic carbocycles. The van der Waals surface area contributed by atoms with Gasteiger partial charge in [0, 0.05) is 37.8 Å². The van der Waals surface area contributed by atoms with Crippen molar-refractivity contribution in [3.8, 4) is 0 Å². The number of anilines is 2. The molecule has 4 aliphatic rings. The molecule has 8 atom stereocenters. The Kier molecular flexibility index (Phi) is 20.2. The summed E-state index contributed by atoms with van der Waals surface area (Å²) in [6.07, 6.45) is 8.32. The third-order valence-corrected chi connectivity index (χ3v) is 13.6. The highest BCUT2D eigenvalue weighted by Gasteiger charge is 2.47. The van der Waals surface area contributed by atoms with Crippen molar-refractivity contribution in [2.24, 2.45) is 11.8 Å². The molecule has 0 aromatic carbocycles. The van der Waals surface area contributed by atoms with Crippen molar-refractivity contribution < 1.29 is 61.9 Å². The molecular weight excluding hydrogens is 1060 g/mol. The molecule has 78 heavy (non-hydrogen) atoms. The second-order valence-electron chi connectivity index (χ2n) is 23.1. The maximum Gasteiger partial charge on any atom is 0.519 e. The van der Waals surface area contributed by atoms with Crippen LogP contribution in [-0.4, -0.2) is 123 Å². The first kappa shape index (κ1) is 61.6. The monoisotopic (exact) mass is 1130 g/mol. The van der Waals surface area contributed by atoms with Crippen LogP contribution in [0.5, 0.6) is 0 Å². The lowest BCUT2D eigenvalue weighted by Gasteiger charge is -2.31. The number of carbonyl (C=O) groups is 5. The van der Waals surface area contributed by atoms with E-state index in [-0.39, 0.29) is 46.6 Å². The van der Waals surface area contributed by atoms with Crippen LogP contribution < -0.4 is 10.2 Å². The summed E-state index contributed by atoms with van der Waals surface area (Å²) < 4.78 is 46.5. The number of fused-ring (bicyclic) bond motifs is 2. The van der Waals surface area contributed by atoms with Crippen LogP contribution in [0.3, 0.4) is 0 Å². The summed E-state index contributed by atoms with van der Waals surface area (Å²) >= 11 is 12.6. The number of halogens is 2. The Bertz CT molecular complexity index is 2720. The molecule has 1 N–H and O–H groups in total. The first-order valence-corrected chi connectivity index (χ1v) is 27.6. The van der Waals surface area contributed by atoms with Gasteiger partial charge < -0.3 is 43.2 Å². The largest absolute Gasteiger partial charge is 0.519 e. The van der Waals surface area contributed by atoms with E-state index in [9.17, 15) is 24.0 Å². The van der Waals surface area contributed by atoms with Crippen LogP contribution in [0.25, 0.3) is 22.1 Å². The van der Waals surface area contributed by atoms with Crippen molar-refractivity contribution in [3.05, 3.63) is 23.0 Å². The van der Waals surface area contributed by atoms with Gasteiger partial charge in [-0.15, -0.1) is 0 Å². The molecule has 2 saturated heterocycles. The fourth-order valence-corrected chi connectivity index (χ4v) is 10.3. The number of hydrogen-bond donors (Lipinski definition) is 1. The van der Waals surface area contributed by atoms with E-state index in [4.69, 9.17) is 56.4 Å². The summed E-state index contributed by atoms with van der Waals surface area (Å²) in [4.78, 5) is 78.1. The normalized spacial score (nSPS) is 23.7. The Morgan fingerprint density at radius 1 is 0.641 bits per heavy atom. The van der Waals surface area contributed by atoms with E-state index in [2.05, 4.69) is 47.1 Å². The van der Waals surface area contributed by atoms with E-state index in [1.807, 2.05) is 41.5 Å². The van der Waals surface area contributed by atoms with E-state index in [0.29, 0.717) is 34.4 Å². The smallest absolute Gasteiger partial charge is 0.457 e. The zero-order valence-corrected chi connectivity index (χ0v) is 49.1. The van der Waals surface area contributed by atoms with Crippen molar-refractivity contribution in [1.82, 2.24) is 39.5 Å². The highest BCUT2D eigenvalue weighted by atomic mass is 35.5. The number of esters is 2. The van der Waals surface area contributed by atoms with Crippen molar-refractivity contribution in [2.45, 2.75) is 234 Å². The number of hydrogen-bond acceptors (Lipinski definition) is 20. The molecule has 2 aliphatic heterocycles. The zero-order chi connectivity index (χ0) is 57.6. The lowest BCUT2D eigenvalue weighted by atomic mass is 9.98. The van der Waals surface area contributed by atoms with Gasteiger partial charge in [0.05, 0.1) is 35.4 Å². The first-order valence-electron chi connectivity index (χ1n) is 26.9. The molecule has 0 radical (unpaired) electrons. The molecule has 1 amide bonds.